The number of rotatable bonds is 3. The molecule has 1 N–H and O–H groups in total. The number of anilines is 1. The summed E-state index contributed by atoms with van der Waals surface area (Å²) in [6.45, 7) is 1.15. The Balaban J connectivity index is 1.38. The van der Waals surface area contributed by atoms with E-state index in [2.05, 4.69) is 10.3 Å². The van der Waals surface area contributed by atoms with Gasteiger partial charge >= 0.3 is 6.03 Å². The predicted molar refractivity (Wildman–Crippen MR) is 93.2 cm³/mol. The van der Waals surface area contributed by atoms with E-state index in [1.165, 1.54) is 0 Å². The first-order valence-corrected chi connectivity index (χ1v) is 7.90. The summed E-state index contributed by atoms with van der Waals surface area (Å²) >= 11 is 0. The summed E-state index contributed by atoms with van der Waals surface area (Å²) in [5.41, 5.74) is 0.828. The summed E-state index contributed by atoms with van der Waals surface area (Å²) in [5.74, 6) is 0.733. The molecule has 0 atom stereocenters. The molecule has 0 spiro atoms. The molecule has 1 fully saturated rings. The van der Waals surface area contributed by atoms with Crippen LogP contribution >= 0.6 is 0 Å². The largest absolute Gasteiger partial charge is 0.485 e. The fraction of sp³-hybridized carbons (Fsp3) is 0.158. The fourth-order valence-electron chi connectivity index (χ4n) is 2.82. The van der Waals surface area contributed by atoms with Crippen molar-refractivity contribution in [3.63, 3.8) is 0 Å². The number of fused-ring (bicyclic) bond motifs is 1. The first-order chi connectivity index (χ1) is 11.8. The van der Waals surface area contributed by atoms with Crippen LogP contribution in [0.4, 0.5) is 10.5 Å². The molecule has 120 valence electrons. The van der Waals surface area contributed by atoms with Gasteiger partial charge in [0.05, 0.1) is 25.0 Å². The van der Waals surface area contributed by atoms with Crippen molar-refractivity contribution >= 4 is 22.5 Å². The van der Waals surface area contributed by atoms with Crippen LogP contribution in [0.25, 0.3) is 10.8 Å². The average Bonchev–Trinajstić information content (AvgIpc) is 2.59. The first-order valence-electron chi connectivity index (χ1n) is 7.90. The summed E-state index contributed by atoms with van der Waals surface area (Å²) in [4.78, 5) is 18.1. The Bertz CT molecular complexity index is 855. The van der Waals surface area contributed by atoms with E-state index >= 15 is 0 Å². The van der Waals surface area contributed by atoms with E-state index in [1.54, 1.807) is 17.3 Å². The molecular formula is C19H17N3O2. The van der Waals surface area contributed by atoms with Crippen LogP contribution in [0.5, 0.6) is 5.75 Å². The number of ether oxygens (including phenoxy) is 1. The van der Waals surface area contributed by atoms with Gasteiger partial charge in [0.25, 0.3) is 0 Å². The molecule has 2 amide bonds. The lowest BCUT2D eigenvalue weighted by Gasteiger charge is -2.38. The van der Waals surface area contributed by atoms with Crippen molar-refractivity contribution in [3.8, 4) is 5.75 Å². The van der Waals surface area contributed by atoms with Gasteiger partial charge in [-0.15, -0.1) is 0 Å². The quantitative estimate of drug-likeness (QED) is 0.803. The van der Waals surface area contributed by atoms with Crippen LogP contribution in [0.2, 0.25) is 0 Å². The molecule has 0 saturated carbocycles. The standard InChI is InChI=1S/C19H17N3O2/c23-19(21-18-9-3-6-14-5-1-2-8-17(14)18)22-12-16(13-22)24-15-7-4-10-20-11-15/h1-11,16H,12-13H2,(H,21,23). The van der Waals surface area contributed by atoms with Crippen LogP contribution in [-0.2, 0) is 0 Å². The second-order valence-electron chi connectivity index (χ2n) is 5.79. The number of urea groups is 1. The molecule has 3 aromatic rings. The summed E-state index contributed by atoms with van der Waals surface area (Å²) < 4.78 is 5.77. The van der Waals surface area contributed by atoms with E-state index in [1.807, 2.05) is 54.6 Å². The van der Waals surface area contributed by atoms with Crippen molar-refractivity contribution in [2.45, 2.75) is 6.10 Å². The number of aromatic nitrogens is 1. The monoisotopic (exact) mass is 319 g/mol. The number of amides is 2. The van der Waals surface area contributed by atoms with Gasteiger partial charge in [0.15, 0.2) is 0 Å². The molecule has 1 aliphatic heterocycles. The molecule has 1 aliphatic rings. The molecule has 24 heavy (non-hydrogen) atoms. The van der Waals surface area contributed by atoms with E-state index < -0.39 is 0 Å². The Labute approximate surface area is 139 Å². The SMILES string of the molecule is O=C(Nc1cccc2ccccc12)N1CC(Oc2cccnc2)C1. The summed E-state index contributed by atoms with van der Waals surface area (Å²) in [6.07, 6.45) is 3.41. The molecule has 0 radical (unpaired) electrons. The minimum absolute atomic E-state index is 0.0208. The molecule has 0 unspecified atom stereocenters. The molecule has 2 heterocycles. The highest BCUT2D eigenvalue weighted by atomic mass is 16.5. The lowest BCUT2D eigenvalue weighted by atomic mass is 10.1. The van der Waals surface area contributed by atoms with Crippen molar-refractivity contribution in [3.05, 3.63) is 67.0 Å². The maximum atomic E-state index is 12.4. The van der Waals surface area contributed by atoms with E-state index in [-0.39, 0.29) is 12.1 Å². The highest BCUT2D eigenvalue weighted by Gasteiger charge is 2.32. The van der Waals surface area contributed by atoms with Gasteiger partial charge in [-0.05, 0) is 23.6 Å². The topological polar surface area (TPSA) is 54.5 Å². The third-order valence-electron chi connectivity index (χ3n) is 4.10. The number of nitrogens with one attached hydrogen (secondary N) is 1. The summed E-state index contributed by atoms with van der Waals surface area (Å²) in [6, 6.07) is 17.5. The number of carbonyl (C=O) groups is 1. The highest BCUT2D eigenvalue weighted by Crippen LogP contribution is 2.24. The third-order valence-corrected chi connectivity index (χ3v) is 4.10. The molecule has 5 heteroatoms. The van der Waals surface area contributed by atoms with Gasteiger partial charge in [-0.1, -0.05) is 36.4 Å². The average molecular weight is 319 g/mol. The number of benzene rings is 2. The Morgan fingerprint density at radius 3 is 2.75 bits per heavy atom. The van der Waals surface area contributed by atoms with E-state index in [9.17, 15) is 4.79 Å². The minimum Gasteiger partial charge on any atom is -0.485 e. The Morgan fingerprint density at radius 2 is 1.92 bits per heavy atom. The highest BCUT2D eigenvalue weighted by molar-refractivity contribution is 6.01. The maximum Gasteiger partial charge on any atom is 0.322 e. The number of hydrogen-bond acceptors (Lipinski definition) is 3. The zero-order valence-corrected chi connectivity index (χ0v) is 13.1. The fourth-order valence-corrected chi connectivity index (χ4v) is 2.82. The second-order valence-corrected chi connectivity index (χ2v) is 5.79. The normalized spacial score (nSPS) is 14.2. The predicted octanol–water partition coefficient (Wildman–Crippen LogP) is 3.53. The van der Waals surface area contributed by atoms with Crippen LogP contribution < -0.4 is 10.1 Å². The number of nitrogens with zero attached hydrogens (tertiary/aromatic N) is 2. The van der Waals surface area contributed by atoms with Crippen LogP contribution in [0.1, 0.15) is 0 Å². The first kappa shape index (κ1) is 14.5. The Kier molecular flexibility index (Phi) is 3.75. The maximum absolute atomic E-state index is 12.4. The van der Waals surface area contributed by atoms with Gasteiger partial charge in [0.2, 0.25) is 0 Å². The molecule has 5 nitrogen and oxygen atoms in total. The van der Waals surface area contributed by atoms with Crippen LogP contribution in [0, 0.1) is 0 Å². The van der Waals surface area contributed by atoms with Gasteiger partial charge in [0.1, 0.15) is 11.9 Å². The third kappa shape index (κ3) is 2.88. The molecule has 4 rings (SSSR count). The number of carbonyl (C=O) groups excluding carboxylic acids is 1. The Hall–Kier alpha value is -3.08. The van der Waals surface area contributed by atoms with E-state index in [0.717, 1.165) is 22.2 Å². The molecule has 1 aromatic heterocycles. The zero-order chi connectivity index (χ0) is 16.4. The van der Waals surface area contributed by atoms with Gasteiger partial charge in [0, 0.05) is 11.6 Å². The molecule has 1 saturated heterocycles. The van der Waals surface area contributed by atoms with E-state index in [0.29, 0.717) is 13.1 Å². The Morgan fingerprint density at radius 1 is 1.08 bits per heavy atom. The van der Waals surface area contributed by atoms with Gasteiger partial charge < -0.3 is 15.0 Å². The van der Waals surface area contributed by atoms with Crippen molar-refractivity contribution in [2.75, 3.05) is 18.4 Å². The summed E-state index contributed by atoms with van der Waals surface area (Å²) in [5, 5.41) is 5.14. The molecule has 0 bridgehead atoms. The number of pyridine rings is 1. The minimum atomic E-state index is -0.0996. The van der Waals surface area contributed by atoms with Crippen molar-refractivity contribution in [1.29, 1.82) is 0 Å². The van der Waals surface area contributed by atoms with Crippen LogP contribution in [0.3, 0.4) is 0 Å². The van der Waals surface area contributed by atoms with Crippen molar-refractivity contribution in [2.24, 2.45) is 0 Å². The van der Waals surface area contributed by atoms with Crippen molar-refractivity contribution in [1.82, 2.24) is 9.88 Å². The molecule has 0 aliphatic carbocycles. The lowest BCUT2D eigenvalue weighted by Crippen LogP contribution is -2.57. The molecular weight excluding hydrogens is 302 g/mol. The van der Waals surface area contributed by atoms with Gasteiger partial charge in [-0.3, -0.25) is 4.98 Å². The number of likely N-dealkylation sites (tertiary alicyclic amines) is 1. The van der Waals surface area contributed by atoms with Crippen LogP contribution in [0.15, 0.2) is 67.0 Å². The smallest absolute Gasteiger partial charge is 0.322 e. The lowest BCUT2D eigenvalue weighted by molar-refractivity contribution is 0.0490. The number of hydrogen-bond donors (Lipinski definition) is 1. The zero-order valence-electron chi connectivity index (χ0n) is 13.1. The summed E-state index contributed by atoms with van der Waals surface area (Å²) in [7, 11) is 0. The van der Waals surface area contributed by atoms with Crippen LogP contribution in [-0.4, -0.2) is 35.1 Å². The van der Waals surface area contributed by atoms with E-state index in [4.69, 9.17) is 4.74 Å². The second kappa shape index (κ2) is 6.20. The van der Waals surface area contributed by atoms with Gasteiger partial charge in [-0.25, -0.2) is 4.79 Å². The van der Waals surface area contributed by atoms with Crippen molar-refractivity contribution < 1.29 is 9.53 Å². The van der Waals surface area contributed by atoms with Gasteiger partial charge in [-0.2, -0.15) is 0 Å². The molecule has 2 aromatic carbocycles.